The summed E-state index contributed by atoms with van der Waals surface area (Å²) >= 11 is 11.3. The lowest BCUT2D eigenvalue weighted by atomic mass is 10.3. The second-order valence-electron chi connectivity index (χ2n) is 3.90. The van der Waals surface area contributed by atoms with Crippen LogP contribution in [0.25, 0.3) is 0 Å². The molecule has 17 heavy (non-hydrogen) atoms. The van der Waals surface area contributed by atoms with Gasteiger partial charge in [0.05, 0.1) is 0 Å². The first-order valence-corrected chi connectivity index (χ1v) is 5.82. The Labute approximate surface area is 109 Å². The molecule has 1 amide bonds. The molecule has 1 unspecified atom stereocenters. The first-order valence-electron chi connectivity index (χ1n) is 5.07. The highest BCUT2D eigenvalue weighted by Gasteiger charge is 2.19. The van der Waals surface area contributed by atoms with Gasteiger partial charge in [-0.1, -0.05) is 23.2 Å². The minimum absolute atomic E-state index is 0.00335. The van der Waals surface area contributed by atoms with Crippen molar-refractivity contribution in [2.45, 2.75) is 32.9 Å². The van der Waals surface area contributed by atoms with Gasteiger partial charge in [-0.25, -0.2) is 4.98 Å². The average molecular weight is 278 g/mol. The van der Waals surface area contributed by atoms with E-state index in [4.69, 9.17) is 23.2 Å². The van der Waals surface area contributed by atoms with Gasteiger partial charge in [0.2, 0.25) is 5.91 Å². The Bertz CT molecular complexity index is 485. The third-order valence-electron chi connectivity index (χ3n) is 2.13. The van der Waals surface area contributed by atoms with Gasteiger partial charge in [-0.05, 0) is 20.8 Å². The molecule has 0 fully saturated rings. The van der Waals surface area contributed by atoms with Gasteiger partial charge < -0.3 is 5.32 Å². The molecule has 94 valence electrons. The van der Waals surface area contributed by atoms with Gasteiger partial charge in [0, 0.05) is 6.04 Å². The van der Waals surface area contributed by atoms with Gasteiger partial charge in [0.25, 0.3) is 5.56 Å². The van der Waals surface area contributed by atoms with Gasteiger partial charge in [-0.15, -0.1) is 0 Å². The molecule has 1 N–H and O–H groups in total. The summed E-state index contributed by atoms with van der Waals surface area (Å²) in [7, 11) is 0. The molecule has 0 aliphatic heterocycles. The fraction of sp³-hybridized carbons (Fsp3) is 0.500. The van der Waals surface area contributed by atoms with Crippen LogP contribution in [0.3, 0.4) is 0 Å². The van der Waals surface area contributed by atoms with Crippen LogP contribution in [0.2, 0.25) is 10.2 Å². The SMILES string of the molecule is CC(C)NC(=O)C(C)n1cnc(Cl)c(Cl)c1=O. The summed E-state index contributed by atoms with van der Waals surface area (Å²) in [6.45, 7) is 5.26. The third kappa shape index (κ3) is 3.20. The van der Waals surface area contributed by atoms with Gasteiger partial charge >= 0.3 is 0 Å². The Morgan fingerprint density at radius 3 is 2.53 bits per heavy atom. The average Bonchev–Trinajstić information content (AvgIpc) is 2.24. The standard InChI is InChI=1S/C10H13Cl2N3O2/c1-5(2)14-9(16)6(3)15-4-13-8(12)7(11)10(15)17/h4-6H,1-3H3,(H,14,16). The Kier molecular flexibility index (Phi) is 4.54. The quantitative estimate of drug-likeness (QED) is 0.855. The molecule has 0 aliphatic carbocycles. The number of halogens is 2. The summed E-state index contributed by atoms with van der Waals surface area (Å²) in [5.74, 6) is -0.276. The maximum atomic E-state index is 11.7. The molecular weight excluding hydrogens is 265 g/mol. The second-order valence-corrected chi connectivity index (χ2v) is 4.64. The number of hydrogen-bond donors (Lipinski definition) is 1. The van der Waals surface area contributed by atoms with E-state index in [0.29, 0.717) is 0 Å². The second kappa shape index (κ2) is 5.51. The van der Waals surface area contributed by atoms with E-state index in [9.17, 15) is 9.59 Å². The number of nitrogens with zero attached hydrogens (tertiary/aromatic N) is 2. The van der Waals surface area contributed by atoms with Crippen molar-refractivity contribution in [2.75, 3.05) is 0 Å². The minimum atomic E-state index is -0.688. The molecule has 0 bridgehead atoms. The lowest BCUT2D eigenvalue weighted by molar-refractivity contribution is -0.124. The summed E-state index contributed by atoms with van der Waals surface area (Å²) in [6.07, 6.45) is 1.21. The summed E-state index contributed by atoms with van der Waals surface area (Å²) < 4.78 is 1.14. The lowest BCUT2D eigenvalue weighted by Gasteiger charge is -2.16. The van der Waals surface area contributed by atoms with Crippen molar-refractivity contribution in [3.8, 4) is 0 Å². The van der Waals surface area contributed by atoms with Crippen molar-refractivity contribution in [1.29, 1.82) is 0 Å². The number of nitrogens with one attached hydrogen (secondary N) is 1. The topological polar surface area (TPSA) is 64.0 Å². The summed E-state index contributed by atoms with van der Waals surface area (Å²) in [5.41, 5.74) is -0.530. The smallest absolute Gasteiger partial charge is 0.274 e. The van der Waals surface area contributed by atoms with Crippen LogP contribution in [-0.4, -0.2) is 21.5 Å². The molecule has 1 atom stereocenters. The zero-order chi connectivity index (χ0) is 13.2. The minimum Gasteiger partial charge on any atom is -0.352 e. The van der Waals surface area contributed by atoms with Crippen LogP contribution in [0.15, 0.2) is 11.1 Å². The third-order valence-corrected chi connectivity index (χ3v) is 2.85. The molecule has 0 radical (unpaired) electrons. The van der Waals surface area contributed by atoms with Crippen molar-refractivity contribution in [3.63, 3.8) is 0 Å². The van der Waals surface area contributed by atoms with Crippen LogP contribution in [0.5, 0.6) is 0 Å². The van der Waals surface area contributed by atoms with E-state index in [0.717, 1.165) is 4.57 Å². The number of hydrogen-bond acceptors (Lipinski definition) is 3. The molecule has 1 aromatic rings. The largest absolute Gasteiger partial charge is 0.352 e. The number of rotatable bonds is 3. The van der Waals surface area contributed by atoms with Gasteiger partial charge in [0.15, 0.2) is 5.15 Å². The summed E-state index contributed by atoms with van der Waals surface area (Å²) in [6, 6.07) is -0.691. The molecule has 1 heterocycles. The first kappa shape index (κ1) is 14.0. The van der Waals surface area contributed by atoms with Crippen molar-refractivity contribution in [1.82, 2.24) is 14.9 Å². The molecule has 0 aromatic carbocycles. The van der Waals surface area contributed by atoms with Crippen molar-refractivity contribution in [3.05, 3.63) is 26.9 Å². The highest BCUT2D eigenvalue weighted by atomic mass is 35.5. The van der Waals surface area contributed by atoms with Crippen LogP contribution in [0, 0.1) is 0 Å². The van der Waals surface area contributed by atoms with E-state index >= 15 is 0 Å². The number of carbonyl (C=O) groups excluding carboxylic acids is 1. The van der Waals surface area contributed by atoms with E-state index in [-0.39, 0.29) is 22.1 Å². The predicted octanol–water partition coefficient (Wildman–Crippen LogP) is 1.64. The van der Waals surface area contributed by atoms with Crippen LogP contribution in [-0.2, 0) is 4.79 Å². The zero-order valence-corrected chi connectivity index (χ0v) is 11.2. The molecule has 0 saturated carbocycles. The van der Waals surface area contributed by atoms with Crippen LogP contribution >= 0.6 is 23.2 Å². The maximum Gasteiger partial charge on any atom is 0.274 e. The molecule has 5 nitrogen and oxygen atoms in total. The Morgan fingerprint density at radius 1 is 1.41 bits per heavy atom. The van der Waals surface area contributed by atoms with Crippen LogP contribution < -0.4 is 10.9 Å². The molecule has 0 aliphatic rings. The molecule has 0 spiro atoms. The van der Waals surface area contributed by atoms with E-state index in [1.165, 1.54) is 6.33 Å². The monoisotopic (exact) mass is 277 g/mol. The highest BCUT2D eigenvalue weighted by molar-refractivity contribution is 6.40. The fourth-order valence-electron chi connectivity index (χ4n) is 1.23. The molecule has 1 aromatic heterocycles. The van der Waals surface area contributed by atoms with Gasteiger partial charge in [-0.3, -0.25) is 14.2 Å². The first-order chi connectivity index (χ1) is 7.84. The van der Waals surface area contributed by atoms with Crippen molar-refractivity contribution < 1.29 is 4.79 Å². The summed E-state index contributed by atoms with van der Waals surface area (Å²) in [4.78, 5) is 27.2. The number of amides is 1. The molecule has 0 saturated heterocycles. The van der Waals surface area contributed by atoms with Gasteiger partial charge in [0.1, 0.15) is 17.4 Å². The van der Waals surface area contributed by atoms with E-state index in [1.807, 2.05) is 13.8 Å². The van der Waals surface area contributed by atoms with Crippen LogP contribution in [0.4, 0.5) is 0 Å². The van der Waals surface area contributed by atoms with Crippen molar-refractivity contribution >= 4 is 29.1 Å². The molecular formula is C10H13Cl2N3O2. The Hall–Kier alpha value is -1.07. The summed E-state index contributed by atoms with van der Waals surface area (Å²) in [5, 5.41) is 2.45. The van der Waals surface area contributed by atoms with Crippen LogP contribution in [0.1, 0.15) is 26.8 Å². The zero-order valence-electron chi connectivity index (χ0n) is 9.70. The highest BCUT2D eigenvalue weighted by Crippen LogP contribution is 2.14. The maximum absolute atomic E-state index is 11.7. The number of aromatic nitrogens is 2. The van der Waals surface area contributed by atoms with E-state index in [1.54, 1.807) is 6.92 Å². The predicted molar refractivity (Wildman–Crippen MR) is 66.5 cm³/mol. The van der Waals surface area contributed by atoms with Crippen molar-refractivity contribution in [2.24, 2.45) is 0 Å². The van der Waals surface area contributed by atoms with Gasteiger partial charge in [-0.2, -0.15) is 0 Å². The lowest BCUT2D eigenvalue weighted by Crippen LogP contribution is -2.39. The Morgan fingerprint density at radius 2 is 2.00 bits per heavy atom. The molecule has 1 rings (SSSR count). The number of carbonyl (C=O) groups is 1. The Balaban J connectivity index is 3.05. The van der Waals surface area contributed by atoms with E-state index < -0.39 is 11.6 Å². The normalized spacial score (nSPS) is 12.6. The molecule has 7 heteroatoms. The fourth-order valence-corrected chi connectivity index (χ4v) is 1.50. The van der Waals surface area contributed by atoms with E-state index in [2.05, 4.69) is 10.3 Å².